The second kappa shape index (κ2) is 5.90. The molecule has 2 aliphatic carbocycles. The van der Waals surface area contributed by atoms with Crippen LogP contribution in [0.3, 0.4) is 0 Å². The van der Waals surface area contributed by atoms with Crippen molar-refractivity contribution in [1.29, 1.82) is 0 Å². The molecule has 4 aliphatic rings. The predicted octanol–water partition coefficient (Wildman–Crippen LogP) is 2.24. The number of nitrogens with zero attached hydrogens (tertiary/aromatic N) is 2. The fourth-order valence-electron chi connectivity index (χ4n) is 4.83. The summed E-state index contributed by atoms with van der Waals surface area (Å²) in [5.41, 5.74) is 0.0974. The van der Waals surface area contributed by atoms with E-state index in [2.05, 4.69) is 11.9 Å². The van der Waals surface area contributed by atoms with Gasteiger partial charge in [0.2, 0.25) is 11.8 Å². The summed E-state index contributed by atoms with van der Waals surface area (Å²) >= 11 is 0. The zero-order valence-electron chi connectivity index (χ0n) is 14.5. The Balaban J connectivity index is 1.34. The van der Waals surface area contributed by atoms with Crippen LogP contribution in [-0.2, 0) is 9.53 Å². The summed E-state index contributed by atoms with van der Waals surface area (Å²) in [6.45, 7) is 5.06. The minimum atomic E-state index is -2.62. The van der Waals surface area contributed by atoms with Crippen molar-refractivity contribution < 1.29 is 18.3 Å². The lowest BCUT2D eigenvalue weighted by atomic mass is 9.77. The average molecular weight is 342 g/mol. The number of carbonyl (C=O) groups excluding carboxylic acids is 1. The molecule has 4 rings (SSSR count). The van der Waals surface area contributed by atoms with Gasteiger partial charge in [-0.3, -0.25) is 4.79 Å². The Morgan fingerprint density at radius 3 is 2.62 bits per heavy atom. The van der Waals surface area contributed by atoms with E-state index < -0.39 is 11.8 Å². The van der Waals surface area contributed by atoms with Gasteiger partial charge in [-0.15, -0.1) is 0 Å². The lowest BCUT2D eigenvalue weighted by Crippen LogP contribution is -2.47. The number of carbonyl (C=O) groups is 1. The molecule has 2 aliphatic heterocycles. The van der Waals surface area contributed by atoms with Crippen LogP contribution in [0.4, 0.5) is 8.78 Å². The fourth-order valence-corrected chi connectivity index (χ4v) is 4.83. The number of hydrogen-bond donors (Lipinski definition) is 0. The van der Waals surface area contributed by atoms with Crippen molar-refractivity contribution in [3.8, 4) is 0 Å². The Morgan fingerprint density at radius 2 is 1.96 bits per heavy atom. The minimum Gasteiger partial charge on any atom is -0.381 e. The van der Waals surface area contributed by atoms with Crippen molar-refractivity contribution in [1.82, 2.24) is 9.80 Å². The highest BCUT2D eigenvalue weighted by molar-refractivity contribution is 5.80. The van der Waals surface area contributed by atoms with Gasteiger partial charge in [-0.05, 0) is 32.2 Å². The summed E-state index contributed by atoms with van der Waals surface area (Å²) in [5.74, 6) is -1.92. The number of hydrogen-bond acceptors (Lipinski definition) is 3. The number of ether oxygens (including phenoxy) is 1. The molecular formula is C18H28F2N2O2. The second-order valence-electron chi connectivity index (χ2n) is 8.71. The number of likely N-dealkylation sites (tertiary alicyclic amines) is 2. The number of rotatable bonds is 5. The molecule has 0 N–H and O–H groups in total. The molecule has 2 heterocycles. The van der Waals surface area contributed by atoms with Crippen LogP contribution in [0.5, 0.6) is 0 Å². The summed E-state index contributed by atoms with van der Waals surface area (Å²) in [4.78, 5) is 16.7. The molecule has 2 atom stereocenters. The van der Waals surface area contributed by atoms with Gasteiger partial charge < -0.3 is 14.5 Å². The Kier molecular flexibility index (Phi) is 4.11. The van der Waals surface area contributed by atoms with Gasteiger partial charge in [-0.1, -0.05) is 0 Å². The maximum Gasteiger partial charge on any atom is 0.249 e. The van der Waals surface area contributed by atoms with E-state index in [4.69, 9.17) is 4.74 Å². The SMILES string of the molecule is CN1C[C@@H](COCC2CC2)[C@]2(CCN(C(=O)C3CC(F)(F)C3)C2)C1. The highest BCUT2D eigenvalue weighted by Crippen LogP contribution is 2.47. The average Bonchev–Trinajstić information content (AvgIpc) is 3.13. The molecule has 0 unspecified atom stereocenters. The summed E-state index contributed by atoms with van der Waals surface area (Å²) in [5, 5.41) is 0. The Bertz CT molecular complexity index is 503. The van der Waals surface area contributed by atoms with E-state index in [-0.39, 0.29) is 24.2 Å². The van der Waals surface area contributed by atoms with Gasteiger partial charge in [0.05, 0.1) is 6.61 Å². The molecule has 1 amide bonds. The molecule has 0 aromatic heterocycles. The molecule has 0 aromatic rings. The first-order valence-electron chi connectivity index (χ1n) is 9.30. The van der Waals surface area contributed by atoms with Crippen LogP contribution in [0.1, 0.15) is 32.1 Å². The fraction of sp³-hybridized carbons (Fsp3) is 0.944. The van der Waals surface area contributed by atoms with Crippen molar-refractivity contribution in [2.75, 3.05) is 46.4 Å². The van der Waals surface area contributed by atoms with Gasteiger partial charge >= 0.3 is 0 Å². The number of alkyl halides is 2. The number of amides is 1. The summed E-state index contributed by atoms with van der Waals surface area (Å²) in [7, 11) is 2.12. The maximum atomic E-state index is 13.1. The standard InChI is InChI=1S/C18H28F2N2O2/c1-21-8-15(10-24-9-13-2-3-13)17(11-21)4-5-22(12-17)16(23)14-6-18(19,20)7-14/h13-15H,2-12H2,1H3/t15-,17+/m0/s1. The summed E-state index contributed by atoms with van der Waals surface area (Å²) in [6.07, 6.45) is 3.05. The third kappa shape index (κ3) is 3.19. The highest BCUT2D eigenvalue weighted by atomic mass is 19.3. The minimum absolute atomic E-state index is 0.0509. The van der Waals surface area contributed by atoms with E-state index in [1.165, 1.54) is 12.8 Å². The van der Waals surface area contributed by atoms with E-state index in [9.17, 15) is 13.6 Å². The first-order valence-corrected chi connectivity index (χ1v) is 9.30. The molecule has 4 nitrogen and oxygen atoms in total. The summed E-state index contributed by atoms with van der Waals surface area (Å²) < 4.78 is 32.1. The molecule has 0 aromatic carbocycles. The zero-order valence-corrected chi connectivity index (χ0v) is 14.5. The third-order valence-corrected chi connectivity index (χ3v) is 6.49. The van der Waals surface area contributed by atoms with Crippen LogP contribution in [0, 0.1) is 23.2 Å². The van der Waals surface area contributed by atoms with Gasteiger partial charge in [0, 0.05) is 62.9 Å². The first-order chi connectivity index (χ1) is 11.4. The van der Waals surface area contributed by atoms with Crippen LogP contribution in [0.2, 0.25) is 0 Å². The zero-order chi connectivity index (χ0) is 16.9. The molecule has 136 valence electrons. The second-order valence-corrected chi connectivity index (χ2v) is 8.71. The highest BCUT2D eigenvalue weighted by Gasteiger charge is 2.54. The quantitative estimate of drug-likeness (QED) is 0.768. The van der Waals surface area contributed by atoms with Crippen LogP contribution in [-0.4, -0.2) is 68.1 Å². The molecule has 2 saturated carbocycles. The van der Waals surface area contributed by atoms with E-state index in [0.29, 0.717) is 12.5 Å². The lowest BCUT2D eigenvalue weighted by Gasteiger charge is -2.37. The van der Waals surface area contributed by atoms with E-state index in [0.717, 1.165) is 45.2 Å². The first kappa shape index (κ1) is 16.7. The van der Waals surface area contributed by atoms with Gasteiger partial charge in [0.1, 0.15) is 0 Å². The van der Waals surface area contributed by atoms with Crippen molar-refractivity contribution in [2.24, 2.45) is 23.2 Å². The van der Waals surface area contributed by atoms with Gasteiger partial charge in [0.15, 0.2) is 0 Å². The molecule has 0 radical (unpaired) electrons. The van der Waals surface area contributed by atoms with Crippen LogP contribution >= 0.6 is 0 Å². The van der Waals surface area contributed by atoms with Crippen LogP contribution in [0.25, 0.3) is 0 Å². The smallest absolute Gasteiger partial charge is 0.249 e. The van der Waals surface area contributed by atoms with Crippen molar-refractivity contribution in [3.63, 3.8) is 0 Å². The van der Waals surface area contributed by atoms with E-state index in [1.54, 1.807) is 0 Å². The Labute approximate surface area is 142 Å². The summed E-state index contributed by atoms with van der Waals surface area (Å²) in [6, 6.07) is 0. The third-order valence-electron chi connectivity index (χ3n) is 6.49. The molecule has 6 heteroatoms. The molecule has 0 bridgehead atoms. The van der Waals surface area contributed by atoms with Crippen molar-refractivity contribution in [3.05, 3.63) is 0 Å². The van der Waals surface area contributed by atoms with Crippen LogP contribution < -0.4 is 0 Å². The van der Waals surface area contributed by atoms with Gasteiger partial charge in [-0.2, -0.15) is 0 Å². The largest absolute Gasteiger partial charge is 0.381 e. The van der Waals surface area contributed by atoms with Crippen molar-refractivity contribution >= 4 is 5.91 Å². The predicted molar refractivity (Wildman–Crippen MR) is 85.8 cm³/mol. The normalized spacial score (nSPS) is 36.5. The molecule has 1 spiro atoms. The Morgan fingerprint density at radius 1 is 1.21 bits per heavy atom. The number of halogens is 2. The monoisotopic (exact) mass is 342 g/mol. The molecule has 4 fully saturated rings. The lowest BCUT2D eigenvalue weighted by molar-refractivity contribution is -0.159. The van der Waals surface area contributed by atoms with Gasteiger partial charge in [0.25, 0.3) is 0 Å². The molecule has 24 heavy (non-hydrogen) atoms. The van der Waals surface area contributed by atoms with E-state index in [1.807, 2.05) is 4.90 Å². The van der Waals surface area contributed by atoms with Crippen LogP contribution in [0.15, 0.2) is 0 Å². The van der Waals surface area contributed by atoms with Crippen molar-refractivity contribution in [2.45, 2.75) is 38.0 Å². The van der Waals surface area contributed by atoms with Gasteiger partial charge in [-0.25, -0.2) is 8.78 Å². The Hall–Kier alpha value is -0.750. The molecular weight excluding hydrogens is 314 g/mol. The maximum absolute atomic E-state index is 13.1. The topological polar surface area (TPSA) is 32.8 Å². The molecule has 2 saturated heterocycles. The van der Waals surface area contributed by atoms with E-state index >= 15 is 0 Å².